The van der Waals surface area contributed by atoms with E-state index in [1.165, 1.54) is 0 Å². The second-order valence-corrected chi connectivity index (χ2v) is 6.84. The number of anilines is 1. The van der Waals surface area contributed by atoms with Gasteiger partial charge >= 0.3 is 0 Å². The van der Waals surface area contributed by atoms with E-state index >= 15 is 0 Å². The van der Waals surface area contributed by atoms with Crippen LogP contribution in [-0.4, -0.2) is 26.8 Å². The van der Waals surface area contributed by atoms with Crippen molar-refractivity contribution in [3.8, 4) is 0 Å². The van der Waals surface area contributed by atoms with Gasteiger partial charge in [-0.05, 0) is 44.0 Å². The van der Waals surface area contributed by atoms with Crippen LogP contribution in [0.2, 0.25) is 5.02 Å². The molecular formula is C12H17ClN2O2S. The molecule has 0 amide bonds. The first-order valence-electron chi connectivity index (χ1n) is 5.96. The van der Waals surface area contributed by atoms with Gasteiger partial charge in [-0.1, -0.05) is 17.7 Å². The number of aryl methyl sites for hydroxylation is 1. The quantitative estimate of drug-likeness (QED) is 0.892. The van der Waals surface area contributed by atoms with Gasteiger partial charge in [0.25, 0.3) is 0 Å². The maximum atomic E-state index is 12.0. The minimum absolute atomic E-state index is 0.0574. The highest BCUT2D eigenvalue weighted by molar-refractivity contribution is 7.92. The Bertz CT molecular complexity index is 525. The molecule has 1 unspecified atom stereocenters. The first-order valence-corrected chi connectivity index (χ1v) is 7.99. The van der Waals surface area contributed by atoms with Crippen molar-refractivity contribution in [3.63, 3.8) is 0 Å². The van der Waals surface area contributed by atoms with Crippen LogP contribution in [0.3, 0.4) is 0 Å². The Kier molecular flexibility index (Phi) is 4.14. The Hall–Kier alpha value is -0.780. The zero-order valence-electron chi connectivity index (χ0n) is 10.2. The highest BCUT2D eigenvalue weighted by Gasteiger charge is 2.22. The van der Waals surface area contributed by atoms with E-state index in [0.29, 0.717) is 10.7 Å². The predicted octanol–water partition coefficient (Wildman–Crippen LogP) is 2.14. The second-order valence-electron chi connectivity index (χ2n) is 4.64. The molecule has 2 rings (SSSR count). The molecule has 1 saturated heterocycles. The highest BCUT2D eigenvalue weighted by atomic mass is 35.5. The Morgan fingerprint density at radius 3 is 2.94 bits per heavy atom. The number of rotatable bonds is 4. The van der Waals surface area contributed by atoms with Crippen molar-refractivity contribution >= 4 is 27.3 Å². The molecule has 1 aromatic rings. The molecule has 0 aliphatic carbocycles. The molecular weight excluding hydrogens is 272 g/mol. The summed E-state index contributed by atoms with van der Waals surface area (Å²) in [6, 6.07) is 5.24. The van der Waals surface area contributed by atoms with Crippen LogP contribution in [0, 0.1) is 6.92 Å². The summed E-state index contributed by atoms with van der Waals surface area (Å²) in [5, 5.41) is 3.70. The summed E-state index contributed by atoms with van der Waals surface area (Å²) in [7, 11) is -3.33. The minimum Gasteiger partial charge on any atom is -0.313 e. The van der Waals surface area contributed by atoms with Crippen molar-refractivity contribution in [2.75, 3.05) is 17.0 Å². The summed E-state index contributed by atoms with van der Waals surface area (Å²) < 4.78 is 26.7. The third kappa shape index (κ3) is 3.60. The average molecular weight is 289 g/mol. The fraction of sp³-hybridized carbons (Fsp3) is 0.500. The molecule has 2 N–H and O–H groups in total. The number of nitrogens with one attached hydrogen (secondary N) is 2. The van der Waals surface area contributed by atoms with Crippen molar-refractivity contribution in [2.45, 2.75) is 25.8 Å². The van der Waals surface area contributed by atoms with Crippen LogP contribution >= 0.6 is 11.6 Å². The molecule has 1 aliphatic rings. The number of benzene rings is 1. The van der Waals surface area contributed by atoms with Crippen LogP contribution in [0.5, 0.6) is 0 Å². The molecule has 0 bridgehead atoms. The largest absolute Gasteiger partial charge is 0.313 e. The van der Waals surface area contributed by atoms with Gasteiger partial charge < -0.3 is 5.32 Å². The van der Waals surface area contributed by atoms with Crippen molar-refractivity contribution in [1.29, 1.82) is 0 Å². The minimum atomic E-state index is -3.33. The van der Waals surface area contributed by atoms with Gasteiger partial charge in [0.2, 0.25) is 10.0 Å². The molecule has 0 saturated carbocycles. The fourth-order valence-corrected chi connectivity index (χ4v) is 3.70. The molecule has 100 valence electrons. The van der Waals surface area contributed by atoms with E-state index < -0.39 is 10.0 Å². The first kappa shape index (κ1) is 13.6. The lowest BCUT2D eigenvalue weighted by atomic mass is 10.2. The standard InChI is InChI=1S/C12H17ClN2O2S/c1-9-4-5-10(13)7-12(9)15-18(16,17)8-11-3-2-6-14-11/h4-5,7,11,14-15H,2-3,6,8H2,1H3. The maximum absolute atomic E-state index is 12.0. The molecule has 6 heteroatoms. The van der Waals surface area contributed by atoms with E-state index in [2.05, 4.69) is 10.0 Å². The lowest BCUT2D eigenvalue weighted by Crippen LogP contribution is -2.32. The Morgan fingerprint density at radius 1 is 1.50 bits per heavy atom. The molecule has 18 heavy (non-hydrogen) atoms. The van der Waals surface area contributed by atoms with Crippen molar-refractivity contribution in [3.05, 3.63) is 28.8 Å². The SMILES string of the molecule is Cc1ccc(Cl)cc1NS(=O)(=O)CC1CCCN1. The third-order valence-electron chi connectivity index (χ3n) is 3.05. The van der Waals surface area contributed by atoms with E-state index in [-0.39, 0.29) is 11.8 Å². The summed E-state index contributed by atoms with van der Waals surface area (Å²) in [5.74, 6) is 0.110. The van der Waals surface area contributed by atoms with E-state index in [0.717, 1.165) is 24.9 Å². The number of hydrogen-bond acceptors (Lipinski definition) is 3. The van der Waals surface area contributed by atoms with Crippen LogP contribution in [-0.2, 0) is 10.0 Å². The second kappa shape index (κ2) is 5.47. The van der Waals surface area contributed by atoms with Gasteiger partial charge in [-0.2, -0.15) is 0 Å². The Labute approximate surface area is 113 Å². The summed E-state index contributed by atoms with van der Waals surface area (Å²) >= 11 is 5.87. The van der Waals surface area contributed by atoms with Gasteiger partial charge in [-0.15, -0.1) is 0 Å². The zero-order valence-corrected chi connectivity index (χ0v) is 11.8. The van der Waals surface area contributed by atoms with Gasteiger partial charge in [-0.3, -0.25) is 4.72 Å². The van der Waals surface area contributed by atoms with Crippen LogP contribution in [0.1, 0.15) is 18.4 Å². The fourth-order valence-electron chi connectivity index (χ4n) is 2.08. The lowest BCUT2D eigenvalue weighted by molar-refractivity contribution is 0.582. The van der Waals surface area contributed by atoms with Crippen LogP contribution in [0.15, 0.2) is 18.2 Å². The monoisotopic (exact) mass is 288 g/mol. The van der Waals surface area contributed by atoms with E-state index in [9.17, 15) is 8.42 Å². The van der Waals surface area contributed by atoms with Crippen molar-refractivity contribution in [1.82, 2.24) is 5.32 Å². The Balaban J connectivity index is 2.09. The van der Waals surface area contributed by atoms with Gasteiger partial charge in [-0.25, -0.2) is 8.42 Å². The molecule has 1 aromatic carbocycles. The number of hydrogen-bond donors (Lipinski definition) is 2. The van der Waals surface area contributed by atoms with Crippen molar-refractivity contribution < 1.29 is 8.42 Å². The van der Waals surface area contributed by atoms with Gasteiger partial charge in [0, 0.05) is 11.1 Å². The number of halogens is 1. The van der Waals surface area contributed by atoms with E-state index in [1.54, 1.807) is 18.2 Å². The van der Waals surface area contributed by atoms with Gasteiger partial charge in [0.1, 0.15) is 0 Å². The predicted molar refractivity (Wildman–Crippen MR) is 74.6 cm³/mol. The molecule has 1 atom stereocenters. The van der Waals surface area contributed by atoms with Crippen LogP contribution in [0.25, 0.3) is 0 Å². The molecule has 1 fully saturated rings. The number of sulfonamides is 1. The summed E-state index contributed by atoms with van der Waals surface area (Å²) in [4.78, 5) is 0. The zero-order chi connectivity index (χ0) is 13.2. The van der Waals surface area contributed by atoms with Gasteiger partial charge in [0.15, 0.2) is 0 Å². The summed E-state index contributed by atoms with van der Waals surface area (Å²) in [6.07, 6.45) is 1.95. The summed E-state index contributed by atoms with van der Waals surface area (Å²) in [5.41, 5.74) is 1.42. The molecule has 0 spiro atoms. The Morgan fingerprint density at radius 2 is 2.28 bits per heavy atom. The molecule has 4 nitrogen and oxygen atoms in total. The molecule has 0 radical (unpaired) electrons. The third-order valence-corrected chi connectivity index (χ3v) is 4.66. The summed E-state index contributed by atoms with van der Waals surface area (Å²) in [6.45, 7) is 2.75. The van der Waals surface area contributed by atoms with Crippen LogP contribution in [0.4, 0.5) is 5.69 Å². The molecule has 1 heterocycles. The highest BCUT2D eigenvalue weighted by Crippen LogP contribution is 2.21. The van der Waals surface area contributed by atoms with Crippen LogP contribution < -0.4 is 10.0 Å². The average Bonchev–Trinajstić information content (AvgIpc) is 2.75. The first-order chi connectivity index (χ1) is 8.46. The van der Waals surface area contributed by atoms with Gasteiger partial charge in [0.05, 0.1) is 11.4 Å². The lowest BCUT2D eigenvalue weighted by Gasteiger charge is -2.14. The molecule has 0 aromatic heterocycles. The van der Waals surface area contributed by atoms with E-state index in [1.807, 2.05) is 6.92 Å². The topological polar surface area (TPSA) is 58.2 Å². The smallest absolute Gasteiger partial charge is 0.234 e. The van der Waals surface area contributed by atoms with E-state index in [4.69, 9.17) is 11.6 Å². The maximum Gasteiger partial charge on any atom is 0.234 e. The molecule has 1 aliphatic heterocycles. The van der Waals surface area contributed by atoms with Crippen molar-refractivity contribution in [2.24, 2.45) is 0 Å². The normalized spacial score (nSPS) is 20.0.